The molecule has 3 rings (SSSR count). The molecule has 0 aliphatic heterocycles. The third-order valence-corrected chi connectivity index (χ3v) is 8.28. The van der Waals surface area contributed by atoms with E-state index in [0.29, 0.717) is 10.6 Å². The van der Waals surface area contributed by atoms with Gasteiger partial charge in [0.1, 0.15) is 18.4 Å². The zero-order valence-corrected chi connectivity index (χ0v) is 22.7. The van der Waals surface area contributed by atoms with E-state index in [1.165, 1.54) is 11.9 Å². The van der Waals surface area contributed by atoms with Crippen molar-refractivity contribution >= 4 is 50.7 Å². The summed E-state index contributed by atoms with van der Waals surface area (Å²) in [5, 5.41) is 3.12. The smallest absolute Gasteiger partial charge is 0.264 e. The van der Waals surface area contributed by atoms with E-state index in [1.54, 1.807) is 49.4 Å². The maximum absolute atomic E-state index is 13.7. The maximum Gasteiger partial charge on any atom is 0.264 e. The van der Waals surface area contributed by atoms with Gasteiger partial charge in [0.25, 0.3) is 10.0 Å². The molecule has 0 saturated heterocycles. The Kier molecular flexibility index (Phi) is 9.17. The molecule has 1 atom stereocenters. The minimum Gasteiger partial charge on any atom is -0.357 e. The van der Waals surface area contributed by atoms with Crippen LogP contribution in [0.5, 0.6) is 0 Å². The van der Waals surface area contributed by atoms with Gasteiger partial charge in [0.15, 0.2) is 0 Å². The Morgan fingerprint density at radius 1 is 0.973 bits per heavy atom. The number of nitrogens with one attached hydrogen (secondary N) is 1. The van der Waals surface area contributed by atoms with Gasteiger partial charge in [-0.1, -0.05) is 47.0 Å². The van der Waals surface area contributed by atoms with Gasteiger partial charge < -0.3 is 10.2 Å². The van der Waals surface area contributed by atoms with Crippen LogP contribution in [0, 0.1) is 12.7 Å². The van der Waals surface area contributed by atoms with Crippen LogP contribution in [-0.4, -0.2) is 44.8 Å². The summed E-state index contributed by atoms with van der Waals surface area (Å²) in [6.07, 6.45) is 0. The van der Waals surface area contributed by atoms with E-state index in [2.05, 4.69) is 5.32 Å². The standard InChI is InChI=1S/C26H26Cl2FN3O4S/c1-17-4-9-21(10-5-17)32(37(35,36)22-11-7-20(29)8-12-22)16-25(33)31(18(2)26(34)30-3)15-19-6-13-23(27)24(28)14-19/h4-14,18H,15-16H2,1-3H3,(H,30,34)/t18-/m1/s1. The van der Waals surface area contributed by atoms with Gasteiger partial charge in [-0.3, -0.25) is 13.9 Å². The van der Waals surface area contributed by atoms with Gasteiger partial charge in [-0.15, -0.1) is 0 Å². The third kappa shape index (κ3) is 6.80. The number of sulfonamides is 1. The first-order valence-corrected chi connectivity index (χ1v) is 13.4. The van der Waals surface area contributed by atoms with Crippen molar-refractivity contribution in [2.45, 2.75) is 31.3 Å². The lowest BCUT2D eigenvalue weighted by atomic mass is 10.1. The number of anilines is 1. The molecule has 0 heterocycles. The van der Waals surface area contributed by atoms with Crippen LogP contribution in [0.25, 0.3) is 0 Å². The molecule has 3 aromatic rings. The highest BCUT2D eigenvalue weighted by Crippen LogP contribution is 2.26. The van der Waals surface area contributed by atoms with Crippen molar-refractivity contribution in [3.8, 4) is 0 Å². The zero-order valence-electron chi connectivity index (χ0n) is 20.4. The van der Waals surface area contributed by atoms with Crippen molar-refractivity contribution < 1.29 is 22.4 Å². The van der Waals surface area contributed by atoms with E-state index in [0.717, 1.165) is 34.1 Å². The monoisotopic (exact) mass is 565 g/mol. The molecule has 37 heavy (non-hydrogen) atoms. The number of hydrogen-bond acceptors (Lipinski definition) is 4. The average Bonchev–Trinajstić information content (AvgIpc) is 2.87. The van der Waals surface area contributed by atoms with Crippen molar-refractivity contribution in [1.82, 2.24) is 10.2 Å². The molecule has 3 aromatic carbocycles. The molecular weight excluding hydrogens is 540 g/mol. The van der Waals surface area contributed by atoms with E-state index in [4.69, 9.17) is 23.2 Å². The van der Waals surface area contributed by atoms with Gasteiger partial charge >= 0.3 is 0 Å². The lowest BCUT2D eigenvalue weighted by Crippen LogP contribution is -2.50. The number of carbonyl (C=O) groups excluding carboxylic acids is 2. The Morgan fingerprint density at radius 2 is 1.59 bits per heavy atom. The van der Waals surface area contributed by atoms with Crippen LogP contribution in [0.4, 0.5) is 10.1 Å². The van der Waals surface area contributed by atoms with Crippen LogP contribution >= 0.6 is 23.2 Å². The second-order valence-corrected chi connectivity index (χ2v) is 11.0. The molecule has 0 aliphatic rings. The van der Waals surface area contributed by atoms with Gasteiger partial charge in [0.05, 0.1) is 20.6 Å². The fourth-order valence-electron chi connectivity index (χ4n) is 3.60. The fourth-order valence-corrected chi connectivity index (χ4v) is 5.33. The minimum atomic E-state index is -4.27. The van der Waals surface area contributed by atoms with Gasteiger partial charge in [-0.05, 0) is 67.9 Å². The van der Waals surface area contributed by atoms with Crippen LogP contribution in [0.1, 0.15) is 18.1 Å². The Hall–Kier alpha value is -3.14. The molecule has 0 saturated carbocycles. The second-order valence-electron chi connectivity index (χ2n) is 8.36. The maximum atomic E-state index is 13.7. The molecule has 0 unspecified atom stereocenters. The molecule has 0 fully saturated rings. The number of benzene rings is 3. The van der Waals surface area contributed by atoms with E-state index in [-0.39, 0.29) is 22.2 Å². The topological polar surface area (TPSA) is 86.8 Å². The summed E-state index contributed by atoms with van der Waals surface area (Å²) >= 11 is 12.1. The largest absolute Gasteiger partial charge is 0.357 e. The molecule has 2 amide bonds. The lowest BCUT2D eigenvalue weighted by Gasteiger charge is -2.31. The Morgan fingerprint density at radius 3 is 2.16 bits per heavy atom. The van der Waals surface area contributed by atoms with Crippen LogP contribution in [-0.2, 0) is 26.2 Å². The molecule has 0 spiro atoms. The number of nitrogens with zero attached hydrogens (tertiary/aromatic N) is 2. The van der Waals surface area contributed by atoms with E-state index in [1.807, 2.05) is 6.92 Å². The number of hydrogen-bond donors (Lipinski definition) is 1. The highest BCUT2D eigenvalue weighted by molar-refractivity contribution is 7.92. The summed E-state index contributed by atoms with van der Waals surface area (Å²) < 4.78 is 41.7. The third-order valence-electron chi connectivity index (χ3n) is 5.75. The van der Waals surface area contributed by atoms with Crippen LogP contribution in [0.15, 0.2) is 71.6 Å². The SMILES string of the molecule is CNC(=O)[C@@H](C)N(Cc1ccc(Cl)c(Cl)c1)C(=O)CN(c1ccc(C)cc1)S(=O)(=O)c1ccc(F)cc1. The zero-order chi connectivity index (χ0) is 27.3. The first-order chi connectivity index (χ1) is 17.4. The van der Waals surface area contributed by atoms with Crippen LogP contribution in [0.3, 0.4) is 0 Å². The summed E-state index contributed by atoms with van der Waals surface area (Å²) in [6.45, 7) is 2.75. The predicted molar refractivity (Wildman–Crippen MR) is 143 cm³/mol. The molecular formula is C26H26Cl2FN3O4S. The van der Waals surface area contributed by atoms with E-state index in [9.17, 15) is 22.4 Å². The Bertz CT molecular complexity index is 1380. The summed E-state index contributed by atoms with van der Waals surface area (Å²) in [5.74, 6) is -1.66. The van der Waals surface area contributed by atoms with Gasteiger partial charge in [-0.2, -0.15) is 0 Å². The molecule has 0 bridgehead atoms. The Labute approximate surface area is 225 Å². The van der Waals surface area contributed by atoms with Gasteiger partial charge in [0.2, 0.25) is 11.8 Å². The first kappa shape index (κ1) is 28.4. The molecule has 11 heteroatoms. The van der Waals surface area contributed by atoms with Crippen molar-refractivity contribution in [2.75, 3.05) is 17.9 Å². The van der Waals surface area contributed by atoms with E-state index >= 15 is 0 Å². The molecule has 7 nitrogen and oxygen atoms in total. The number of halogens is 3. The average molecular weight is 566 g/mol. The molecule has 0 aromatic heterocycles. The highest BCUT2D eigenvalue weighted by Gasteiger charge is 2.32. The van der Waals surface area contributed by atoms with Crippen LogP contribution in [0.2, 0.25) is 10.0 Å². The lowest BCUT2D eigenvalue weighted by molar-refractivity contribution is -0.139. The van der Waals surface area contributed by atoms with E-state index < -0.39 is 40.2 Å². The number of rotatable bonds is 9. The summed E-state index contributed by atoms with van der Waals surface area (Å²) in [4.78, 5) is 27.2. The summed E-state index contributed by atoms with van der Waals surface area (Å²) in [5.41, 5.74) is 1.73. The predicted octanol–water partition coefficient (Wildman–Crippen LogP) is 4.80. The molecule has 0 aliphatic carbocycles. The van der Waals surface area contributed by atoms with Crippen molar-refractivity contribution in [3.05, 3.63) is 93.7 Å². The second kappa shape index (κ2) is 11.9. The summed E-state index contributed by atoms with van der Waals surface area (Å²) in [6, 6.07) is 14.8. The van der Waals surface area contributed by atoms with Crippen molar-refractivity contribution in [2.24, 2.45) is 0 Å². The molecule has 196 valence electrons. The van der Waals surface area contributed by atoms with Gasteiger partial charge in [-0.25, -0.2) is 12.8 Å². The fraction of sp³-hybridized carbons (Fsp3) is 0.231. The normalized spacial score (nSPS) is 12.1. The van der Waals surface area contributed by atoms with Crippen LogP contribution < -0.4 is 9.62 Å². The number of likely N-dealkylation sites (N-methyl/N-ethyl adjacent to an activating group) is 1. The van der Waals surface area contributed by atoms with Gasteiger partial charge in [0, 0.05) is 13.6 Å². The molecule has 0 radical (unpaired) electrons. The number of amides is 2. The first-order valence-electron chi connectivity index (χ1n) is 11.2. The van der Waals surface area contributed by atoms with Crippen molar-refractivity contribution in [3.63, 3.8) is 0 Å². The highest BCUT2D eigenvalue weighted by atomic mass is 35.5. The summed E-state index contributed by atoms with van der Waals surface area (Å²) in [7, 11) is -2.83. The minimum absolute atomic E-state index is 0.0252. The van der Waals surface area contributed by atoms with Crippen molar-refractivity contribution in [1.29, 1.82) is 0 Å². The molecule has 1 N–H and O–H groups in total. The number of carbonyl (C=O) groups is 2. The quantitative estimate of drug-likeness (QED) is 0.403. The Balaban J connectivity index is 2.03. The number of aryl methyl sites for hydroxylation is 1.